The number of nitrogens with one attached hydrogen (secondary N) is 1. The number of carbonyl (C=O) groups is 1. The molecule has 0 radical (unpaired) electrons. The summed E-state index contributed by atoms with van der Waals surface area (Å²) < 4.78 is 22.0. The Balaban J connectivity index is 1.72. The summed E-state index contributed by atoms with van der Waals surface area (Å²) in [5.41, 5.74) is 5.77. The zero-order valence-electron chi connectivity index (χ0n) is 20.6. The van der Waals surface area contributed by atoms with E-state index in [0.29, 0.717) is 57.3 Å². The molecule has 0 aliphatic rings. The monoisotopic (exact) mass is 485 g/mol. The second kappa shape index (κ2) is 11.2. The fourth-order valence-electron chi connectivity index (χ4n) is 3.83. The molecule has 4 aromatic rings. The predicted molar refractivity (Wildman–Crippen MR) is 140 cm³/mol. The molecule has 0 aliphatic carbocycles. The third-order valence-corrected chi connectivity index (χ3v) is 5.51. The van der Waals surface area contributed by atoms with Crippen LogP contribution in [0.1, 0.15) is 22.8 Å². The summed E-state index contributed by atoms with van der Waals surface area (Å²) in [6.07, 6.45) is 1.56. The van der Waals surface area contributed by atoms with Crippen LogP contribution in [-0.4, -0.2) is 45.0 Å². The number of amides is 1. The minimum absolute atomic E-state index is 0.368. The molecular weight excluding hydrogens is 458 g/mol. The van der Waals surface area contributed by atoms with E-state index in [4.69, 9.17) is 23.9 Å². The molecule has 0 atom stereocenters. The van der Waals surface area contributed by atoms with Gasteiger partial charge in [-0.3, -0.25) is 4.79 Å². The van der Waals surface area contributed by atoms with Crippen LogP contribution in [0.2, 0.25) is 0 Å². The maximum atomic E-state index is 13.2. The summed E-state index contributed by atoms with van der Waals surface area (Å²) in [4.78, 5) is 18.0. The van der Waals surface area contributed by atoms with Gasteiger partial charge in [-0.2, -0.15) is 5.10 Å². The molecule has 0 saturated carbocycles. The summed E-state index contributed by atoms with van der Waals surface area (Å²) in [5, 5.41) is 4.87. The number of para-hydroxylation sites is 2. The molecule has 0 fully saturated rings. The van der Waals surface area contributed by atoms with Crippen LogP contribution in [0.3, 0.4) is 0 Å². The van der Waals surface area contributed by atoms with E-state index in [1.165, 1.54) is 0 Å². The van der Waals surface area contributed by atoms with Crippen LogP contribution in [0.25, 0.3) is 22.2 Å². The van der Waals surface area contributed by atoms with Gasteiger partial charge in [-0.05, 0) is 43.3 Å². The van der Waals surface area contributed by atoms with E-state index in [-0.39, 0.29) is 5.91 Å². The second-order valence-corrected chi connectivity index (χ2v) is 7.66. The molecule has 8 nitrogen and oxygen atoms in total. The number of hydrazone groups is 1. The Bertz CT molecular complexity index is 1390. The maximum Gasteiger partial charge on any atom is 0.272 e. The van der Waals surface area contributed by atoms with Crippen LogP contribution >= 0.6 is 0 Å². The van der Waals surface area contributed by atoms with Crippen LogP contribution in [0.5, 0.6) is 23.0 Å². The minimum atomic E-state index is -0.368. The first kappa shape index (κ1) is 24.5. The summed E-state index contributed by atoms with van der Waals surface area (Å²) >= 11 is 0. The van der Waals surface area contributed by atoms with E-state index in [9.17, 15) is 4.79 Å². The molecule has 1 N–H and O–H groups in total. The van der Waals surface area contributed by atoms with Crippen molar-refractivity contribution in [2.24, 2.45) is 5.10 Å². The van der Waals surface area contributed by atoms with Crippen molar-refractivity contribution in [1.29, 1.82) is 0 Å². The lowest BCUT2D eigenvalue weighted by atomic mass is 10.0. The van der Waals surface area contributed by atoms with Crippen LogP contribution in [-0.2, 0) is 0 Å². The van der Waals surface area contributed by atoms with Crippen molar-refractivity contribution in [3.63, 3.8) is 0 Å². The SMILES string of the molecule is CCOc1ccccc1/C=N/NC(=O)c1cc(-c2cc(OC)c(OC)c(OC)c2)nc2ccccc12. The average molecular weight is 486 g/mol. The van der Waals surface area contributed by atoms with E-state index >= 15 is 0 Å². The lowest BCUT2D eigenvalue weighted by Gasteiger charge is -2.15. The third-order valence-electron chi connectivity index (χ3n) is 5.51. The molecular formula is C28H27N3O5. The van der Waals surface area contributed by atoms with E-state index in [1.807, 2.05) is 55.5 Å². The molecule has 0 aliphatic heterocycles. The highest BCUT2D eigenvalue weighted by atomic mass is 16.5. The molecule has 1 amide bonds. The van der Waals surface area contributed by atoms with Gasteiger partial charge in [0, 0.05) is 16.5 Å². The fraction of sp³-hybridized carbons (Fsp3) is 0.179. The van der Waals surface area contributed by atoms with E-state index in [1.54, 1.807) is 45.7 Å². The molecule has 3 aromatic carbocycles. The van der Waals surface area contributed by atoms with Crippen LogP contribution < -0.4 is 24.4 Å². The van der Waals surface area contributed by atoms with E-state index in [2.05, 4.69) is 10.5 Å². The van der Waals surface area contributed by atoms with Gasteiger partial charge in [-0.15, -0.1) is 0 Å². The highest BCUT2D eigenvalue weighted by Gasteiger charge is 2.18. The smallest absolute Gasteiger partial charge is 0.272 e. The van der Waals surface area contributed by atoms with Gasteiger partial charge in [0.2, 0.25) is 5.75 Å². The number of aromatic nitrogens is 1. The van der Waals surface area contributed by atoms with Crippen molar-refractivity contribution < 1.29 is 23.7 Å². The fourth-order valence-corrected chi connectivity index (χ4v) is 3.83. The van der Waals surface area contributed by atoms with Gasteiger partial charge in [0.15, 0.2) is 11.5 Å². The lowest BCUT2D eigenvalue weighted by Crippen LogP contribution is -2.18. The molecule has 4 rings (SSSR count). The predicted octanol–water partition coefficient (Wildman–Crippen LogP) is 5.09. The lowest BCUT2D eigenvalue weighted by molar-refractivity contribution is 0.0956. The Morgan fingerprint density at radius 2 is 1.61 bits per heavy atom. The number of benzene rings is 3. The molecule has 1 aromatic heterocycles. The summed E-state index contributed by atoms with van der Waals surface area (Å²) in [5.74, 6) is 1.78. The Hall–Kier alpha value is -4.59. The van der Waals surface area contributed by atoms with Crippen molar-refractivity contribution in [3.05, 3.63) is 77.9 Å². The standard InChI is InChI=1S/C28H27N3O5/c1-5-36-24-13-9-6-10-18(24)17-29-31-28(32)21-16-23(30-22-12-8-7-11-20(21)22)19-14-25(33-2)27(35-4)26(15-19)34-3/h6-17H,5H2,1-4H3,(H,31,32)/b29-17+. The number of hydrogen-bond acceptors (Lipinski definition) is 7. The highest BCUT2D eigenvalue weighted by molar-refractivity contribution is 6.07. The van der Waals surface area contributed by atoms with Gasteiger partial charge in [0.1, 0.15) is 5.75 Å². The highest BCUT2D eigenvalue weighted by Crippen LogP contribution is 2.41. The Morgan fingerprint density at radius 3 is 2.31 bits per heavy atom. The Labute approximate surface area is 209 Å². The van der Waals surface area contributed by atoms with Crippen molar-refractivity contribution >= 4 is 23.0 Å². The zero-order valence-corrected chi connectivity index (χ0v) is 20.6. The van der Waals surface area contributed by atoms with Gasteiger partial charge >= 0.3 is 0 Å². The number of nitrogens with zero attached hydrogens (tertiary/aromatic N) is 2. The summed E-state index contributed by atoms with van der Waals surface area (Å²) in [6.45, 7) is 2.44. The van der Waals surface area contributed by atoms with Crippen LogP contribution in [0.15, 0.2) is 71.8 Å². The summed E-state index contributed by atoms with van der Waals surface area (Å²) in [6, 6.07) is 20.2. The molecule has 184 valence electrons. The van der Waals surface area contributed by atoms with Gasteiger partial charge in [0.25, 0.3) is 5.91 Å². The number of hydrogen-bond donors (Lipinski definition) is 1. The summed E-state index contributed by atoms with van der Waals surface area (Å²) in [7, 11) is 4.65. The second-order valence-electron chi connectivity index (χ2n) is 7.66. The van der Waals surface area contributed by atoms with Gasteiger partial charge in [-0.25, -0.2) is 10.4 Å². The molecule has 0 saturated heterocycles. The number of rotatable bonds is 9. The normalized spacial score (nSPS) is 10.9. The minimum Gasteiger partial charge on any atom is -0.493 e. The number of fused-ring (bicyclic) bond motifs is 1. The average Bonchev–Trinajstić information content (AvgIpc) is 2.92. The number of methoxy groups -OCH3 is 3. The molecule has 0 spiro atoms. The van der Waals surface area contributed by atoms with E-state index < -0.39 is 0 Å². The topological polar surface area (TPSA) is 91.3 Å². The largest absolute Gasteiger partial charge is 0.493 e. The molecule has 1 heterocycles. The quantitative estimate of drug-likeness (QED) is 0.262. The number of carbonyl (C=O) groups excluding carboxylic acids is 1. The van der Waals surface area contributed by atoms with Gasteiger partial charge < -0.3 is 18.9 Å². The molecule has 8 heteroatoms. The van der Waals surface area contributed by atoms with Gasteiger partial charge in [0.05, 0.1) is 50.9 Å². The molecule has 0 unspecified atom stereocenters. The first-order chi connectivity index (χ1) is 17.6. The third kappa shape index (κ3) is 5.07. The van der Waals surface area contributed by atoms with Crippen molar-refractivity contribution in [2.45, 2.75) is 6.92 Å². The van der Waals surface area contributed by atoms with Crippen molar-refractivity contribution in [2.75, 3.05) is 27.9 Å². The Kier molecular flexibility index (Phi) is 7.65. The zero-order chi connectivity index (χ0) is 25.5. The molecule has 36 heavy (non-hydrogen) atoms. The number of ether oxygens (including phenoxy) is 4. The first-order valence-electron chi connectivity index (χ1n) is 11.3. The molecule has 0 bridgehead atoms. The van der Waals surface area contributed by atoms with Crippen molar-refractivity contribution in [1.82, 2.24) is 10.4 Å². The first-order valence-corrected chi connectivity index (χ1v) is 11.3. The van der Waals surface area contributed by atoms with Crippen molar-refractivity contribution in [3.8, 4) is 34.3 Å². The van der Waals surface area contributed by atoms with E-state index in [0.717, 1.165) is 5.56 Å². The van der Waals surface area contributed by atoms with Gasteiger partial charge in [-0.1, -0.05) is 30.3 Å². The van der Waals surface area contributed by atoms with Crippen LogP contribution in [0.4, 0.5) is 0 Å². The maximum absolute atomic E-state index is 13.2. The number of pyridine rings is 1. The Morgan fingerprint density at radius 1 is 0.917 bits per heavy atom. The van der Waals surface area contributed by atoms with Crippen LogP contribution in [0, 0.1) is 0 Å².